The van der Waals surface area contributed by atoms with Crippen molar-refractivity contribution in [2.24, 2.45) is 0 Å². The lowest BCUT2D eigenvalue weighted by molar-refractivity contribution is 0.0660. The van der Waals surface area contributed by atoms with Gasteiger partial charge in [0.15, 0.2) is 0 Å². The highest BCUT2D eigenvalue weighted by molar-refractivity contribution is 5.84. The molecule has 0 unspecified atom stereocenters. The normalized spacial score (nSPS) is 10.6. The minimum Gasteiger partial charge on any atom is -0.475 e. The lowest BCUT2D eigenvalue weighted by Gasteiger charge is -1.98. The summed E-state index contributed by atoms with van der Waals surface area (Å²) in [5.74, 6) is 0.862. The van der Waals surface area contributed by atoms with Crippen LogP contribution in [0.2, 0.25) is 0 Å². The van der Waals surface area contributed by atoms with Crippen molar-refractivity contribution >= 4 is 5.97 Å². The van der Waals surface area contributed by atoms with E-state index in [2.05, 4.69) is 10.1 Å². The van der Waals surface area contributed by atoms with Crippen LogP contribution in [0.3, 0.4) is 0 Å². The fourth-order valence-electron chi connectivity index (χ4n) is 1.44. The monoisotopic (exact) mass is 221 g/mol. The predicted octanol–water partition coefficient (Wildman–Crippen LogP) is 1.23. The summed E-state index contributed by atoms with van der Waals surface area (Å²) < 4.78 is 6.79. The lowest BCUT2D eigenvalue weighted by Crippen LogP contribution is -2.03. The van der Waals surface area contributed by atoms with Gasteiger partial charge in [-0.3, -0.25) is 0 Å². The molecular formula is C10H11N3O3. The number of rotatable bonds is 3. The van der Waals surface area contributed by atoms with Gasteiger partial charge in [0.25, 0.3) is 0 Å². The van der Waals surface area contributed by atoms with E-state index in [1.165, 1.54) is 6.07 Å². The maximum absolute atomic E-state index is 10.6. The van der Waals surface area contributed by atoms with E-state index in [-0.39, 0.29) is 5.76 Å². The van der Waals surface area contributed by atoms with E-state index in [0.717, 1.165) is 5.82 Å². The Kier molecular flexibility index (Phi) is 2.47. The molecule has 2 aromatic rings. The molecule has 0 bridgehead atoms. The van der Waals surface area contributed by atoms with Crippen molar-refractivity contribution in [2.45, 2.75) is 20.4 Å². The minimum absolute atomic E-state index is 0.0653. The van der Waals surface area contributed by atoms with Crippen LogP contribution in [0, 0.1) is 13.8 Å². The van der Waals surface area contributed by atoms with E-state index in [1.807, 2.05) is 6.92 Å². The number of carboxylic acids is 1. The van der Waals surface area contributed by atoms with Crippen molar-refractivity contribution in [1.29, 1.82) is 0 Å². The number of hydrogen-bond donors (Lipinski definition) is 1. The Bertz CT molecular complexity index is 527. The van der Waals surface area contributed by atoms with E-state index in [0.29, 0.717) is 18.1 Å². The van der Waals surface area contributed by atoms with Crippen molar-refractivity contribution in [3.05, 3.63) is 35.3 Å². The molecule has 0 saturated heterocycles. The number of aryl methyl sites for hydroxylation is 2. The van der Waals surface area contributed by atoms with E-state index < -0.39 is 5.97 Å². The van der Waals surface area contributed by atoms with Crippen LogP contribution in [0.4, 0.5) is 0 Å². The molecule has 0 aliphatic carbocycles. The van der Waals surface area contributed by atoms with Gasteiger partial charge in [0.05, 0.1) is 0 Å². The molecule has 0 fully saturated rings. The van der Waals surface area contributed by atoms with Crippen molar-refractivity contribution in [2.75, 3.05) is 0 Å². The molecule has 0 aliphatic heterocycles. The summed E-state index contributed by atoms with van der Waals surface area (Å²) in [5, 5.41) is 12.9. The Morgan fingerprint density at radius 3 is 2.75 bits per heavy atom. The number of nitrogens with zero attached hydrogens (tertiary/aromatic N) is 3. The molecule has 6 nitrogen and oxygen atoms in total. The third kappa shape index (κ3) is 1.95. The second-order valence-corrected chi connectivity index (χ2v) is 3.43. The molecule has 84 valence electrons. The van der Waals surface area contributed by atoms with E-state index in [9.17, 15) is 4.79 Å². The summed E-state index contributed by atoms with van der Waals surface area (Å²) >= 11 is 0. The first-order valence-electron chi connectivity index (χ1n) is 4.76. The molecule has 0 radical (unpaired) electrons. The van der Waals surface area contributed by atoms with Crippen LogP contribution in [-0.2, 0) is 6.54 Å². The molecule has 0 spiro atoms. The molecule has 2 rings (SSSR count). The third-order valence-corrected chi connectivity index (χ3v) is 2.14. The highest BCUT2D eigenvalue weighted by atomic mass is 16.4. The number of hydrogen-bond acceptors (Lipinski definition) is 4. The molecule has 0 aliphatic rings. The van der Waals surface area contributed by atoms with Gasteiger partial charge < -0.3 is 9.52 Å². The molecule has 16 heavy (non-hydrogen) atoms. The van der Waals surface area contributed by atoms with Crippen LogP contribution in [-0.4, -0.2) is 25.8 Å². The van der Waals surface area contributed by atoms with Crippen LogP contribution in [0.1, 0.15) is 28.0 Å². The molecular weight excluding hydrogens is 210 g/mol. The van der Waals surface area contributed by atoms with Gasteiger partial charge in [0.2, 0.25) is 5.76 Å². The number of aromatic nitrogens is 3. The zero-order chi connectivity index (χ0) is 11.7. The highest BCUT2D eigenvalue weighted by Crippen LogP contribution is 2.10. The first-order chi connectivity index (χ1) is 7.56. The predicted molar refractivity (Wildman–Crippen MR) is 54.3 cm³/mol. The minimum atomic E-state index is -1.07. The van der Waals surface area contributed by atoms with Crippen LogP contribution in [0.25, 0.3) is 0 Å². The van der Waals surface area contributed by atoms with Crippen molar-refractivity contribution < 1.29 is 14.3 Å². The van der Waals surface area contributed by atoms with Crippen LogP contribution in [0.5, 0.6) is 0 Å². The molecule has 1 N–H and O–H groups in total. The van der Waals surface area contributed by atoms with E-state index >= 15 is 0 Å². The highest BCUT2D eigenvalue weighted by Gasteiger charge is 2.10. The second-order valence-electron chi connectivity index (χ2n) is 3.43. The fraction of sp³-hybridized carbons (Fsp3) is 0.300. The van der Waals surface area contributed by atoms with E-state index in [1.54, 1.807) is 17.7 Å². The zero-order valence-corrected chi connectivity index (χ0v) is 8.97. The summed E-state index contributed by atoms with van der Waals surface area (Å²) in [6.45, 7) is 4.02. The topological polar surface area (TPSA) is 81.2 Å². The summed E-state index contributed by atoms with van der Waals surface area (Å²) in [7, 11) is 0. The lowest BCUT2D eigenvalue weighted by atomic mass is 10.4. The van der Waals surface area contributed by atoms with Crippen LogP contribution >= 0.6 is 0 Å². The Labute approximate surface area is 91.5 Å². The van der Waals surface area contributed by atoms with Crippen LogP contribution in [0.15, 0.2) is 16.5 Å². The zero-order valence-electron chi connectivity index (χ0n) is 8.97. The summed E-state index contributed by atoms with van der Waals surface area (Å²) in [4.78, 5) is 14.8. The number of carboxylic acid groups (broad SMARTS) is 1. The molecule has 0 saturated carbocycles. The average molecular weight is 221 g/mol. The Morgan fingerprint density at radius 1 is 1.50 bits per heavy atom. The Hall–Kier alpha value is -2.11. The Morgan fingerprint density at radius 2 is 2.25 bits per heavy atom. The quantitative estimate of drug-likeness (QED) is 0.843. The molecule has 2 heterocycles. The van der Waals surface area contributed by atoms with Gasteiger partial charge in [-0.2, -0.15) is 5.10 Å². The van der Waals surface area contributed by atoms with Gasteiger partial charge in [0.1, 0.15) is 24.0 Å². The first kappa shape index (κ1) is 10.4. The number of furan rings is 1. The Balaban J connectivity index is 2.20. The molecule has 2 aromatic heterocycles. The molecule has 0 atom stereocenters. The summed E-state index contributed by atoms with van der Waals surface area (Å²) in [6.07, 6.45) is 0. The number of carbonyl (C=O) groups is 1. The molecule has 6 heteroatoms. The van der Waals surface area contributed by atoms with Gasteiger partial charge in [-0.15, -0.1) is 0 Å². The van der Waals surface area contributed by atoms with Gasteiger partial charge in [-0.1, -0.05) is 0 Å². The number of aromatic carboxylic acids is 1. The maximum Gasteiger partial charge on any atom is 0.371 e. The maximum atomic E-state index is 10.6. The van der Waals surface area contributed by atoms with Gasteiger partial charge in [-0.25, -0.2) is 14.5 Å². The van der Waals surface area contributed by atoms with E-state index in [4.69, 9.17) is 9.52 Å². The first-order valence-corrected chi connectivity index (χ1v) is 4.76. The second kappa shape index (κ2) is 3.80. The SMILES string of the molecule is Cc1nc(C)n(Cc2ccc(C(=O)O)o2)n1. The van der Waals surface area contributed by atoms with Crippen molar-refractivity contribution in [1.82, 2.24) is 14.8 Å². The smallest absolute Gasteiger partial charge is 0.371 e. The average Bonchev–Trinajstić information content (AvgIpc) is 2.75. The standard InChI is InChI=1S/C10H11N3O3/c1-6-11-7(2)13(12-6)5-8-3-4-9(16-8)10(14)15/h3-4H,5H2,1-2H3,(H,14,15). The van der Waals surface area contributed by atoms with Gasteiger partial charge in [-0.05, 0) is 26.0 Å². The van der Waals surface area contributed by atoms with Crippen molar-refractivity contribution in [3.63, 3.8) is 0 Å². The summed E-state index contributed by atoms with van der Waals surface area (Å²) in [6, 6.07) is 3.05. The molecule has 0 amide bonds. The largest absolute Gasteiger partial charge is 0.475 e. The van der Waals surface area contributed by atoms with Crippen molar-refractivity contribution in [3.8, 4) is 0 Å². The van der Waals surface area contributed by atoms with Gasteiger partial charge in [0, 0.05) is 0 Å². The third-order valence-electron chi connectivity index (χ3n) is 2.14. The van der Waals surface area contributed by atoms with Crippen LogP contribution < -0.4 is 0 Å². The van der Waals surface area contributed by atoms with Gasteiger partial charge >= 0.3 is 5.97 Å². The fourth-order valence-corrected chi connectivity index (χ4v) is 1.44. The summed E-state index contributed by atoms with van der Waals surface area (Å²) in [5.41, 5.74) is 0. The molecule has 0 aromatic carbocycles.